The van der Waals surface area contributed by atoms with E-state index in [4.69, 9.17) is 0 Å². The zero-order chi connectivity index (χ0) is 53.3. The number of hydrogen-bond acceptors (Lipinski definition) is 8. The second kappa shape index (κ2) is 19.8. The van der Waals surface area contributed by atoms with Gasteiger partial charge in [0.2, 0.25) is 0 Å². The number of nitrogens with zero attached hydrogens (tertiary/aromatic N) is 10. The first kappa shape index (κ1) is 52.6. The minimum atomic E-state index is -4.82. The largest absolute Gasteiger partial charge is 0.573 e. The van der Waals surface area contributed by atoms with E-state index in [1.54, 1.807) is 6.20 Å². The Hall–Kier alpha value is -8.17. The minimum Gasteiger partial charge on any atom is -0.406 e. The smallest absolute Gasteiger partial charge is 0.406 e. The molecule has 1 aliphatic rings. The Kier molecular flexibility index (Phi) is 14.3. The van der Waals surface area contributed by atoms with E-state index >= 15 is 0 Å². The van der Waals surface area contributed by atoms with E-state index in [-0.39, 0.29) is 39.4 Å². The Bertz CT molecular complexity index is 3390. The number of hydrogen-bond donors (Lipinski definition) is 0. The molecular weight excluding hydrogens is 999 g/mol. The summed E-state index contributed by atoms with van der Waals surface area (Å²) in [5.74, 6) is -3.42. The molecule has 0 spiro atoms. The number of aromatic nitrogens is 9. The summed E-state index contributed by atoms with van der Waals surface area (Å²) in [6.45, 7) is 4.85. The topological polar surface area (TPSA) is 124 Å². The number of benzene rings is 3. The standard InChI is InChI=1S/C18H14F2N4.C14H7F6N3O.C14H7F6N3.C2H6/c1-17(19,20)15-8-23-16-9-22-14(10-24(15)16)12-2-4-13(5-3-12)18(11-21)6-7-18;15-13(16,17)11-5-22-12-6-21-10(7-23(11)12)8-1-3-9(4-2-8)24-14(18,19)20;15-13(16,17)9-3-1-8(2-4-9)10-7-23-11(14(18,19)20)5-22-12(23)6-21-10;1-2/h2-5,8-10H,6-7H2,1H3;1-7H;1-7H;1-2H3. The number of rotatable bonds is 6. The molecule has 0 atom stereocenters. The molecule has 6 heterocycles. The van der Waals surface area contributed by atoms with Crippen molar-refractivity contribution in [3.05, 3.63) is 157 Å². The Balaban J connectivity index is 0.000000158. The molecule has 3 aromatic carbocycles. The van der Waals surface area contributed by atoms with Crippen LogP contribution in [0.15, 0.2) is 129 Å². The molecule has 0 amide bonds. The van der Waals surface area contributed by atoms with Gasteiger partial charge in [-0.2, -0.15) is 53.6 Å². The summed E-state index contributed by atoms with van der Waals surface area (Å²) < 4.78 is 185. The van der Waals surface area contributed by atoms with E-state index in [1.165, 1.54) is 28.9 Å². The molecule has 0 saturated heterocycles. The fraction of sp³-hybridized carbons (Fsp3) is 0.229. The van der Waals surface area contributed by atoms with Crippen LogP contribution in [0.25, 0.3) is 50.7 Å². The van der Waals surface area contributed by atoms with Crippen LogP contribution in [0, 0.1) is 11.3 Å². The lowest BCUT2D eigenvalue weighted by Gasteiger charge is -2.11. The summed E-state index contributed by atoms with van der Waals surface area (Å²) in [5, 5.41) is 9.25. The van der Waals surface area contributed by atoms with Crippen molar-refractivity contribution in [2.24, 2.45) is 0 Å². The highest BCUT2D eigenvalue weighted by Crippen LogP contribution is 2.47. The molecule has 1 fully saturated rings. The first-order valence-electron chi connectivity index (χ1n) is 21.3. The molecule has 0 radical (unpaired) electrons. The number of nitriles is 1. The first-order chi connectivity index (χ1) is 34.2. The second-order valence-electron chi connectivity index (χ2n) is 15.7. The van der Waals surface area contributed by atoms with E-state index in [9.17, 15) is 66.7 Å². The van der Waals surface area contributed by atoms with Crippen LogP contribution in [-0.4, -0.2) is 49.5 Å². The maximum absolute atomic E-state index is 13.7. The third-order valence-electron chi connectivity index (χ3n) is 10.8. The molecule has 6 aromatic heterocycles. The zero-order valence-corrected chi connectivity index (χ0v) is 37.7. The molecule has 73 heavy (non-hydrogen) atoms. The highest BCUT2D eigenvalue weighted by molar-refractivity contribution is 5.63. The number of fused-ring (bicyclic) bond motifs is 3. The molecule has 380 valence electrons. The van der Waals surface area contributed by atoms with Crippen molar-refractivity contribution in [3.8, 4) is 45.6 Å². The first-order valence-corrected chi connectivity index (χ1v) is 21.3. The molecule has 1 aliphatic carbocycles. The van der Waals surface area contributed by atoms with Gasteiger partial charge in [0, 0.05) is 42.2 Å². The van der Waals surface area contributed by atoms with Crippen molar-refractivity contribution in [2.45, 2.75) is 69.8 Å². The quantitative estimate of drug-likeness (QED) is 0.151. The van der Waals surface area contributed by atoms with Crippen molar-refractivity contribution in [1.82, 2.24) is 43.1 Å². The van der Waals surface area contributed by atoms with Gasteiger partial charge < -0.3 is 4.74 Å². The molecule has 1 saturated carbocycles. The van der Waals surface area contributed by atoms with Gasteiger partial charge in [-0.1, -0.05) is 50.2 Å². The predicted molar refractivity (Wildman–Crippen MR) is 234 cm³/mol. The van der Waals surface area contributed by atoms with Gasteiger partial charge in [-0.05, 0) is 54.8 Å². The molecular formula is C48H34F14N10O. The van der Waals surface area contributed by atoms with Gasteiger partial charge in [0.1, 0.15) is 22.8 Å². The molecule has 0 bridgehead atoms. The monoisotopic (exact) mass is 1030 g/mol. The lowest BCUT2D eigenvalue weighted by molar-refractivity contribution is -0.274. The van der Waals surface area contributed by atoms with Crippen molar-refractivity contribution in [3.63, 3.8) is 0 Å². The van der Waals surface area contributed by atoms with E-state index in [1.807, 2.05) is 38.1 Å². The van der Waals surface area contributed by atoms with Crippen LogP contribution in [0.1, 0.15) is 61.8 Å². The normalized spacial score (nSPS) is 13.5. The van der Waals surface area contributed by atoms with Crippen molar-refractivity contribution >= 4 is 16.9 Å². The molecule has 0 N–H and O–H groups in total. The van der Waals surface area contributed by atoms with E-state index in [2.05, 4.69) is 40.7 Å². The van der Waals surface area contributed by atoms with Crippen LogP contribution >= 0.6 is 0 Å². The Morgan fingerprint density at radius 1 is 0.479 bits per heavy atom. The zero-order valence-electron chi connectivity index (χ0n) is 37.7. The van der Waals surface area contributed by atoms with Crippen LogP contribution in [0.5, 0.6) is 5.75 Å². The average Bonchev–Trinajstić information content (AvgIpc) is 3.60. The summed E-state index contributed by atoms with van der Waals surface area (Å²) >= 11 is 0. The predicted octanol–water partition coefficient (Wildman–Crippen LogP) is 13.8. The fourth-order valence-electron chi connectivity index (χ4n) is 7.07. The van der Waals surface area contributed by atoms with Crippen molar-refractivity contribution in [1.29, 1.82) is 5.26 Å². The van der Waals surface area contributed by atoms with Gasteiger partial charge in [-0.3, -0.25) is 28.2 Å². The SMILES string of the molecule is CC.CC(F)(F)c1cnc2cnc(-c3ccc(C4(C#N)CC4)cc3)cn12.FC(F)(F)Oc1ccc(-c2cn3c(C(F)(F)F)cnc3cn2)cc1.FC(F)(F)c1ccc(-c2cn3c(C(F)(F)F)cnc3cn2)cc1. The third kappa shape index (κ3) is 12.0. The summed E-state index contributed by atoms with van der Waals surface area (Å²) in [4.78, 5) is 23.4. The Morgan fingerprint density at radius 3 is 1.16 bits per heavy atom. The molecule has 0 unspecified atom stereocenters. The molecule has 9 aromatic rings. The Morgan fingerprint density at radius 2 is 0.836 bits per heavy atom. The van der Waals surface area contributed by atoms with E-state index in [0.717, 1.165) is 101 Å². The van der Waals surface area contributed by atoms with Crippen LogP contribution in [0.3, 0.4) is 0 Å². The lowest BCUT2D eigenvalue weighted by Crippen LogP contribution is -2.16. The molecule has 10 rings (SSSR count). The molecule has 25 heteroatoms. The van der Waals surface area contributed by atoms with Crippen LogP contribution in [-0.2, 0) is 29.9 Å². The van der Waals surface area contributed by atoms with Crippen LogP contribution in [0.4, 0.5) is 61.5 Å². The van der Waals surface area contributed by atoms with Gasteiger partial charge in [-0.15, -0.1) is 13.2 Å². The third-order valence-corrected chi connectivity index (χ3v) is 10.8. The number of halogens is 14. The summed E-state index contributed by atoms with van der Waals surface area (Å²) in [7, 11) is 0. The minimum absolute atomic E-state index is 0.00287. The van der Waals surface area contributed by atoms with E-state index < -0.39 is 53.5 Å². The highest BCUT2D eigenvalue weighted by Gasteiger charge is 2.45. The number of ether oxygens (including phenoxy) is 1. The van der Waals surface area contributed by atoms with Crippen molar-refractivity contribution in [2.75, 3.05) is 0 Å². The van der Waals surface area contributed by atoms with Gasteiger partial charge in [0.15, 0.2) is 16.9 Å². The summed E-state index contributed by atoms with van der Waals surface area (Å²) in [6.07, 6.45) is -6.67. The second-order valence-corrected chi connectivity index (χ2v) is 15.7. The van der Waals surface area contributed by atoms with Gasteiger partial charge in [-0.25, -0.2) is 15.0 Å². The number of alkyl halides is 14. The Labute approximate surface area is 403 Å². The molecule has 11 nitrogen and oxygen atoms in total. The van der Waals surface area contributed by atoms with Gasteiger partial charge in [0.05, 0.1) is 71.3 Å². The molecule has 0 aliphatic heterocycles. The van der Waals surface area contributed by atoms with Crippen LogP contribution < -0.4 is 4.74 Å². The lowest BCUT2D eigenvalue weighted by atomic mass is 9.96. The van der Waals surface area contributed by atoms with Crippen molar-refractivity contribution < 1.29 is 66.2 Å². The average molecular weight is 1030 g/mol. The summed E-state index contributed by atoms with van der Waals surface area (Å²) in [5.41, 5.74) is 0.309. The van der Waals surface area contributed by atoms with Crippen LogP contribution in [0.2, 0.25) is 0 Å². The van der Waals surface area contributed by atoms with Gasteiger partial charge in [0.25, 0.3) is 5.92 Å². The highest BCUT2D eigenvalue weighted by atomic mass is 19.4. The number of imidazole rings is 3. The van der Waals surface area contributed by atoms with Gasteiger partial charge >= 0.3 is 24.9 Å². The maximum atomic E-state index is 13.7. The maximum Gasteiger partial charge on any atom is 0.573 e. The van der Waals surface area contributed by atoms with E-state index in [0.29, 0.717) is 29.3 Å². The summed E-state index contributed by atoms with van der Waals surface area (Å²) in [6, 6.07) is 18.6. The fourth-order valence-corrected chi connectivity index (χ4v) is 7.07.